The van der Waals surface area contributed by atoms with Gasteiger partial charge in [0.05, 0.1) is 0 Å². The van der Waals surface area contributed by atoms with Crippen LogP contribution in [0.5, 0.6) is 5.75 Å². The average Bonchev–Trinajstić information content (AvgIpc) is 2.48. The molecule has 0 aliphatic carbocycles. The predicted molar refractivity (Wildman–Crippen MR) is 83.2 cm³/mol. The van der Waals surface area contributed by atoms with Crippen LogP contribution in [0, 0.1) is 0 Å². The van der Waals surface area contributed by atoms with Gasteiger partial charge in [-0.05, 0) is 38.1 Å². The topological polar surface area (TPSA) is 38.7 Å². The van der Waals surface area contributed by atoms with Crippen LogP contribution < -0.4 is 5.32 Å². The highest BCUT2D eigenvalue weighted by atomic mass is 16.3. The summed E-state index contributed by atoms with van der Waals surface area (Å²) in [5.41, 5.74) is 1.28. The number of phenolic OH excluding ortho intramolecular Hbond substituents is 1. The Morgan fingerprint density at radius 2 is 1.90 bits per heavy atom. The fourth-order valence-corrected chi connectivity index (χ4v) is 2.58. The maximum Gasteiger partial charge on any atom is 0.115 e. The third kappa shape index (κ3) is 4.78. The van der Waals surface area contributed by atoms with Gasteiger partial charge in [-0.2, -0.15) is 0 Å². The molecule has 1 unspecified atom stereocenters. The molecular formula is C16H27N3O. The molecule has 0 radical (unpaired) electrons. The Hall–Kier alpha value is -1.10. The molecule has 1 aliphatic rings. The first-order valence-electron chi connectivity index (χ1n) is 7.56. The summed E-state index contributed by atoms with van der Waals surface area (Å²) in [5, 5.41) is 12.7. The third-order valence-electron chi connectivity index (χ3n) is 4.20. The molecule has 1 heterocycles. The highest BCUT2D eigenvalue weighted by Crippen LogP contribution is 2.13. The second-order valence-corrected chi connectivity index (χ2v) is 5.79. The standard InChI is InChI=1S/C16H27N3O/c1-14(13-15-3-5-16(20)6-4-15)18(2)11-12-19-9-7-17-8-10-19/h3-6,14,17,20H,7-13H2,1-2H3. The van der Waals surface area contributed by atoms with Crippen LogP contribution in [0.2, 0.25) is 0 Å². The van der Waals surface area contributed by atoms with Crippen molar-refractivity contribution >= 4 is 0 Å². The number of rotatable bonds is 6. The van der Waals surface area contributed by atoms with E-state index in [0.717, 1.165) is 32.6 Å². The summed E-state index contributed by atoms with van der Waals surface area (Å²) in [6.45, 7) is 9.10. The van der Waals surface area contributed by atoms with Gasteiger partial charge < -0.3 is 15.3 Å². The lowest BCUT2D eigenvalue weighted by Gasteiger charge is -2.31. The summed E-state index contributed by atoms with van der Waals surface area (Å²) < 4.78 is 0. The van der Waals surface area contributed by atoms with Crippen LogP contribution in [0.4, 0.5) is 0 Å². The number of likely N-dealkylation sites (N-methyl/N-ethyl adjacent to an activating group) is 1. The summed E-state index contributed by atoms with van der Waals surface area (Å²) in [5.74, 6) is 0.341. The minimum absolute atomic E-state index is 0.341. The van der Waals surface area contributed by atoms with E-state index >= 15 is 0 Å². The monoisotopic (exact) mass is 277 g/mol. The smallest absolute Gasteiger partial charge is 0.115 e. The zero-order valence-electron chi connectivity index (χ0n) is 12.7. The number of hydrogen-bond donors (Lipinski definition) is 2. The second-order valence-electron chi connectivity index (χ2n) is 5.79. The van der Waals surface area contributed by atoms with Crippen molar-refractivity contribution in [2.45, 2.75) is 19.4 Å². The van der Waals surface area contributed by atoms with Crippen molar-refractivity contribution in [3.05, 3.63) is 29.8 Å². The summed E-state index contributed by atoms with van der Waals surface area (Å²) in [7, 11) is 2.20. The Balaban J connectivity index is 1.73. The highest BCUT2D eigenvalue weighted by Gasteiger charge is 2.13. The van der Waals surface area contributed by atoms with E-state index < -0.39 is 0 Å². The molecule has 1 aromatic carbocycles. The summed E-state index contributed by atoms with van der Waals surface area (Å²) >= 11 is 0. The van der Waals surface area contributed by atoms with E-state index in [1.54, 1.807) is 12.1 Å². The molecule has 2 N–H and O–H groups in total. The zero-order chi connectivity index (χ0) is 14.4. The van der Waals surface area contributed by atoms with Crippen LogP contribution in [0.3, 0.4) is 0 Å². The van der Waals surface area contributed by atoms with Crippen molar-refractivity contribution in [3.63, 3.8) is 0 Å². The van der Waals surface area contributed by atoms with Crippen molar-refractivity contribution in [2.75, 3.05) is 46.3 Å². The predicted octanol–water partition coefficient (Wildman–Crippen LogP) is 1.16. The Kier molecular flexibility index (Phi) is 5.83. The molecule has 112 valence electrons. The van der Waals surface area contributed by atoms with E-state index in [4.69, 9.17) is 0 Å². The second kappa shape index (κ2) is 7.62. The maximum absolute atomic E-state index is 9.31. The van der Waals surface area contributed by atoms with Crippen molar-refractivity contribution in [2.24, 2.45) is 0 Å². The van der Waals surface area contributed by atoms with Gasteiger partial charge in [-0.1, -0.05) is 12.1 Å². The maximum atomic E-state index is 9.31. The van der Waals surface area contributed by atoms with Crippen molar-refractivity contribution in [1.29, 1.82) is 0 Å². The minimum atomic E-state index is 0.341. The first-order chi connectivity index (χ1) is 9.65. The van der Waals surface area contributed by atoms with Crippen LogP contribution in [0.25, 0.3) is 0 Å². The van der Waals surface area contributed by atoms with Crippen LogP contribution in [-0.2, 0) is 6.42 Å². The SMILES string of the molecule is CC(Cc1ccc(O)cc1)N(C)CCN1CCNCC1. The Morgan fingerprint density at radius 1 is 1.25 bits per heavy atom. The lowest BCUT2D eigenvalue weighted by atomic mass is 10.1. The molecular weight excluding hydrogens is 250 g/mol. The van der Waals surface area contributed by atoms with E-state index in [1.165, 1.54) is 18.7 Å². The zero-order valence-corrected chi connectivity index (χ0v) is 12.7. The largest absolute Gasteiger partial charge is 0.508 e. The molecule has 4 nitrogen and oxygen atoms in total. The van der Waals surface area contributed by atoms with Gasteiger partial charge in [-0.25, -0.2) is 0 Å². The molecule has 0 saturated carbocycles. The fraction of sp³-hybridized carbons (Fsp3) is 0.625. The first-order valence-corrected chi connectivity index (χ1v) is 7.56. The lowest BCUT2D eigenvalue weighted by molar-refractivity contribution is 0.182. The Labute approximate surface area is 122 Å². The van der Waals surface area contributed by atoms with Crippen molar-refractivity contribution in [3.8, 4) is 5.75 Å². The third-order valence-corrected chi connectivity index (χ3v) is 4.20. The molecule has 0 bridgehead atoms. The van der Waals surface area contributed by atoms with Crippen LogP contribution in [-0.4, -0.2) is 67.3 Å². The molecule has 1 aromatic rings. The van der Waals surface area contributed by atoms with E-state index in [9.17, 15) is 5.11 Å². The van der Waals surface area contributed by atoms with E-state index in [1.807, 2.05) is 12.1 Å². The molecule has 1 atom stereocenters. The normalized spacial score (nSPS) is 18.4. The van der Waals surface area contributed by atoms with Gasteiger partial charge in [-0.3, -0.25) is 4.90 Å². The molecule has 2 rings (SSSR count). The molecule has 0 amide bonds. The minimum Gasteiger partial charge on any atom is -0.508 e. The Morgan fingerprint density at radius 3 is 2.55 bits per heavy atom. The Bertz CT molecular complexity index is 387. The number of piperazine rings is 1. The van der Waals surface area contributed by atoms with Gasteiger partial charge in [-0.15, -0.1) is 0 Å². The number of aromatic hydroxyl groups is 1. The quantitative estimate of drug-likeness (QED) is 0.818. The van der Waals surface area contributed by atoms with Crippen LogP contribution in [0.15, 0.2) is 24.3 Å². The van der Waals surface area contributed by atoms with E-state index in [2.05, 4.69) is 29.1 Å². The van der Waals surface area contributed by atoms with E-state index in [-0.39, 0.29) is 0 Å². The molecule has 0 spiro atoms. The fourth-order valence-electron chi connectivity index (χ4n) is 2.58. The van der Waals surface area contributed by atoms with Gasteiger partial charge in [0.1, 0.15) is 5.75 Å². The number of benzene rings is 1. The number of nitrogens with one attached hydrogen (secondary N) is 1. The average molecular weight is 277 g/mol. The molecule has 1 saturated heterocycles. The first kappa shape index (κ1) is 15.3. The van der Waals surface area contributed by atoms with Crippen LogP contribution >= 0.6 is 0 Å². The highest BCUT2D eigenvalue weighted by molar-refractivity contribution is 5.26. The molecule has 1 aliphatic heterocycles. The lowest BCUT2D eigenvalue weighted by Crippen LogP contribution is -2.46. The molecule has 4 heteroatoms. The summed E-state index contributed by atoms with van der Waals surface area (Å²) in [6, 6.07) is 8.07. The van der Waals surface area contributed by atoms with Crippen LogP contribution in [0.1, 0.15) is 12.5 Å². The van der Waals surface area contributed by atoms with Gasteiger partial charge >= 0.3 is 0 Å². The van der Waals surface area contributed by atoms with Gasteiger partial charge in [0, 0.05) is 45.3 Å². The van der Waals surface area contributed by atoms with Crippen molar-refractivity contribution in [1.82, 2.24) is 15.1 Å². The van der Waals surface area contributed by atoms with Crippen molar-refractivity contribution < 1.29 is 5.11 Å². The molecule has 0 aromatic heterocycles. The number of nitrogens with zero attached hydrogens (tertiary/aromatic N) is 2. The van der Waals surface area contributed by atoms with E-state index in [0.29, 0.717) is 11.8 Å². The summed E-state index contributed by atoms with van der Waals surface area (Å²) in [4.78, 5) is 4.95. The molecule has 20 heavy (non-hydrogen) atoms. The van der Waals surface area contributed by atoms with Gasteiger partial charge in [0.2, 0.25) is 0 Å². The van der Waals surface area contributed by atoms with Gasteiger partial charge in [0.15, 0.2) is 0 Å². The number of hydrogen-bond acceptors (Lipinski definition) is 4. The van der Waals surface area contributed by atoms with Gasteiger partial charge in [0.25, 0.3) is 0 Å². The molecule has 1 fully saturated rings. The summed E-state index contributed by atoms with van der Waals surface area (Å²) in [6.07, 6.45) is 1.03. The number of phenols is 1.